The molecule has 1 saturated heterocycles. The highest BCUT2D eigenvalue weighted by Crippen LogP contribution is 2.16. The van der Waals surface area contributed by atoms with Gasteiger partial charge in [-0.25, -0.2) is 0 Å². The normalized spacial score (nSPS) is 21.6. The van der Waals surface area contributed by atoms with Crippen molar-refractivity contribution < 1.29 is 9.15 Å². The van der Waals surface area contributed by atoms with Crippen LogP contribution in [0.4, 0.5) is 6.01 Å². The first kappa shape index (κ1) is 12.3. The van der Waals surface area contributed by atoms with E-state index in [1.54, 1.807) is 0 Å². The van der Waals surface area contributed by atoms with E-state index < -0.39 is 0 Å². The summed E-state index contributed by atoms with van der Waals surface area (Å²) in [7, 11) is 0. The Morgan fingerprint density at radius 1 is 1.47 bits per heavy atom. The molecule has 0 amide bonds. The molecule has 0 spiro atoms. The zero-order valence-corrected chi connectivity index (χ0v) is 10.4. The second kappa shape index (κ2) is 5.97. The van der Waals surface area contributed by atoms with Crippen LogP contribution >= 0.6 is 0 Å². The third-order valence-electron chi connectivity index (χ3n) is 2.89. The molecule has 2 atom stereocenters. The molecule has 6 heteroatoms. The third-order valence-corrected chi connectivity index (χ3v) is 2.89. The Kier molecular flexibility index (Phi) is 4.33. The molecule has 2 N–H and O–H groups in total. The summed E-state index contributed by atoms with van der Waals surface area (Å²) in [6, 6.07) is 0.592. The summed E-state index contributed by atoms with van der Waals surface area (Å²) in [5, 5.41) is 14.4. The first-order valence-corrected chi connectivity index (χ1v) is 6.18. The highest BCUT2D eigenvalue weighted by atomic mass is 16.5. The van der Waals surface area contributed by atoms with Crippen molar-refractivity contribution in [3.8, 4) is 0 Å². The quantitative estimate of drug-likeness (QED) is 0.778. The second-order valence-electron chi connectivity index (χ2n) is 4.34. The average Bonchev–Trinajstić information content (AvgIpc) is 2.98. The van der Waals surface area contributed by atoms with E-state index in [0.29, 0.717) is 17.8 Å². The van der Waals surface area contributed by atoms with Gasteiger partial charge >= 0.3 is 6.01 Å². The van der Waals surface area contributed by atoms with Crippen LogP contribution in [0, 0.1) is 5.92 Å². The van der Waals surface area contributed by atoms with Crippen LogP contribution in [0.5, 0.6) is 0 Å². The van der Waals surface area contributed by atoms with Gasteiger partial charge in [0.25, 0.3) is 0 Å². The Bertz CT molecular complexity index is 336. The topological polar surface area (TPSA) is 72.2 Å². The fourth-order valence-electron chi connectivity index (χ4n) is 1.85. The summed E-state index contributed by atoms with van der Waals surface area (Å²) in [6.45, 7) is 7.45. The molecule has 2 unspecified atom stereocenters. The van der Waals surface area contributed by atoms with Gasteiger partial charge in [0.05, 0.1) is 12.6 Å². The number of nitrogens with one attached hydrogen (secondary N) is 2. The van der Waals surface area contributed by atoms with Crippen molar-refractivity contribution in [2.45, 2.75) is 26.3 Å². The van der Waals surface area contributed by atoms with Crippen molar-refractivity contribution in [1.29, 1.82) is 0 Å². The van der Waals surface area contributed by atoms with Crippen molar-refractivity contribution in [2.75, 3.05) is 31.6 Å². The lowest BCUT2D eigenvalue weighted by Crippen LogP contribution is -2.17. The summed E-state index contributed by atoms with van der Waals surface area (Å²) in [5.74, 6) is 1.17. The molecule has 1 aromatic heterocycles. The summed E-state index contributed by atoms with van der Waals surface area (Å²) in [5.41, 5.74) is 0. The van der Waals surface area contributed by atoms with Crippen LogP contribution in [0.2, 0.25) is 0 Å². The fourth-order valence-corrected chi connectivity index (χ4v) is 1.85. The Balaban J connectivity index is 1.80. The first-order chi connectivity index (χ1) is 8.29. The predicted molar refractivity (Wildman–Crippen MR) is 63.8 cm³/mol. The number of anilines is 1. The maximum atomic E-state index is 5.52. The number of ether oxygens (including phenoxy) is 1. The van der Waals surface area contributed by atoms with Gasteiger partial charge in [-0.3, -0.25) is 0 Å². The molecule has 0 aromatic carbocycles. The molecule has 17 heavy (non-hydrogen) atoms. The smallest absolute Gasteiger partial charge is 0.315 e. The van der Waals surface area contributed by atoms with Crippen LogP contribution in [0.25, 0.3) is 0 Å². The molecule has 1 fully saturated rings. The van der Waals surface area contributed by atoms with E-state index in [0.717, 1.165) is 32.7 Å². The molecule has 1 aromatic rings. The van der Waals surface area contributed by atoms with Crippen molar-refractivity contribution in [2.24, 2.45) is 5.92 Å². The Labute approximate surface area is 101 Å². The first-order valence-electron chi connectivity index (χ1n) is 6.18. The molecule has 2 rings (SSSR count). The monoisotopic (exact) mass is 240 g/mol. The van der Waals surface area contributed by atoms with Crippen molar-refractivity contribution in [3.63, 3.8) is 0 Å². The van der Waals surface area contributed by atoms with Gasteiger partial charge in [0.1, 0.15) is 0 Å². The lowest BCUT2D eigenvalue weighted by atomic mass is 10.1. The zero-order chi connectivity index (χ0) is 12.1. The molecule has 2 heterocycles. The summed E-state index contributed by atoms with van der Waals surface area (Å²) >= 11 is 0. The summed E-state index contributed by atoms with van der Waals surface area (Å²) in [6.07, 6.45) is 1.10. The molecule has 0 bridgehead atoms. The molecular weight excluding hydrogens is 220 g/mol. The predicted octanol–water partition coefficient (Wildman–Crippen LogP) is 1.19. The maximum absolute atomic E-state index is 5.52. The van der Waals surface area contributed by atoms with Gasteiger partial charge in [-0.15, -0.1) is 5.10 Å². The van der Waals surface area contributed by atoms with E-state index in [-0.39, 0.29) is 6.04 Å². The van der Waals surface area contributed by atoms with Gasteiger partial charge in [-0.05, 0) is 19.9 Å². The Morgan fingerprint density at radius 3 is 3.06 bits per heavy atom. The minimum absolute atomic E-state index is 0.0952. The number of aromatic nitrogens is 2. The van der Waals surface area contributed by atoms with E-state index >= 15 is 0 Å². The van der Waals surface area contributed by atoms with Gasteiger partial charge in [-0.1, -0.05) is 12.0 Å². The molecule has 0 aliphatic carbocycles. The third kappa shape index (κ3) is 3.41. The summed E-state index contributed by atoms with van der Waals surface area (Å²) < 4.78 is 10.8. The SMILES string of the molecule is CCNC(C)c1nnc(NCC2CCOC2)o1. The van der Waals surface area contributed by atoms with Crippen molar-refractivity contribution >= 4 is 6.01 Å². The van der Waals surface area contributed by atoms with Crippen molar-refractivity contribution in [3.05, 3.63) is 5.89 Å². The number of hydrogen-bond acceptors (Lipinski definition) is 6. The van der Waals surface area contributed by atoms with Gasteiger partial charge < -0.3 is 19.8 Å². The Morgan fingerprint density at radius 2 is 2.35 bits per heavy atom. The number of rotatable bonds is 6. The molecule has 1 aliphatic heterocycles. The lowest BCUT2D eigenvalue weighted by Gasteiger charge is -2.07. The van der Waals surface area contributed by atoms with E-state index in [1.165, 1.54) is 0 Å². The van der Waals surface area contributed by atoms with E-state index in [2.05, 4.69) is 20.8 Å². The molecule has 0 saturated carbocycles. The van der Waals surface area contributed by atoms with Gasteiger partial charge in [-0.2, -0.15) is 0 Å². The van der Waals surface area contributed by atoms with Crippen LogP contribution < -0.4 is 10.6 Å². The zero-order valence-electron chi connectivity index (χ0n) is 10.4. The molecule has 96 valence electrons. The van der Waals surface area contributed by atoms with Crippen LogP contribution in [0.15, 0.2) is 4.42 Å². The van der Waals surface area contributed by atoms with Crippen molar-refractivity contribution in [1.82, 2.24) is 15.5 Å². The highest BCUT2D eigenvalue weighted by molar-refractivity contribution is 5.17. The molecule has 0 radical (unpaired) electrons. The minimum atomic E-state index is 0.0952. The van der Waals surface area contributed by atoms with E-state index in [1.807, 2.05) is 13.8 Å². The van der Waals surface area contributed by atoms with Crippen LogP contribution in [-0.4, -0.2) is 36.5 Å². The average molecular weight is 240 g/mol. The standard InChI is InChI=1S/C11H20N4O2/c1-3-12-8(2)10-14-15-11(17-10)13-6-9-4-5-16-7-9/h8-9,12H,3-7H2,1-2H3,(H,13,15). The minimum Gasteiger partial charge on any atom is -0.406 e. The Hall–Kier alpha value is -1.14. The molecule has 1 aliphatic rings. The van der Waals surface area contributed by atoms with E-state index in [9.17, 15) is 0 Å². The van der Waals surface area contributed by atoms with E-state index in [4.69, 9.17) is 9.15 Å². The van der Waals surface area contributed by atoms with Crippen LogP contribution in [0.1, 0.15) is 32.2 Å². The van der Waals surface area contributed by atoms with Crippen LogP contribution in [0.3, 0.4) is 0 Å². The number of hydrogen-bond donors (Lipinski definition) is 2. The summed E-state index contributed by atoms with van der Waals surface area (Å²) in [4.78, 5) is 0. The van der Waals surface area contributed by atoms with Crippen LogP contribution in [-0.2, 0) is 4.74 Å². The van der Waals surface area contributed by atoms with Gasteiger partial charge in [0.2, 0.25) is 5.89 Å². The second-order valence-corrected chi connectivity index (χ2v) is 4.34. The van der Waals surface area contributed by atoms with Gasteiger partial charge in [0.15, 0.2) is 0 Å². The fraction of sp³-hybridized carbons (Fsp3) is 0.818. The molecule has 6 nitrogen and oxygen atoms in total. The van der Waals surface area contributed by atoms with Gasteiger partial charge in [0, 0.05) is 19.1 Å². The largest absolute Gasteiger partial charge is 0.406 e. The highest BCUT2D eigenvalue weighted by Gasteiger charge is 2.17. The maximum Gasteiger partial charge on any atom is 0.315 e. The lowest BCUT2D eigenvalue weighted by molar-refractivity contribution is 0.187. The number of nitrogens with zero attached hydrogens (tertiary/aromatic N) is 2. The molecular formula is C11H20N4O2.